The number of nitrogens with one attached hydrogen (secondary N) is 1. The van der Waals surface area contributed by atoms with Crippen LogP contribution in [0.1, 0.15) is 36.2 Å². The van der Waals surface area contributed by atoms with Crippen molar-refractivity contribution in [3.8, 4) is 0 Å². The second-order valence-corrected chi connectivity index (χ2v) is 7.71. The molecule has 0 radical (unpaired) electrons. The van der Waals surface area contributed by atoms with E-state index in [9.17, 15) is 4.79 Å². The first-order valence-corrected chi connectivity index (χ1v) is 8.40. The van der Waals surface area contributed by atoms with E-state index in [2.05, 4.69) is 25.2 Å². The number of carbonyl (C=O) groups is 1. The van der Waals surface area contributed by atoms with E-state index >= 15 is 0 Å². The van der Waals surface area contributed by atoms with Gasteiger partial charge in [-0.05, 0) is 30.5 Å². The molecule has 0 aromatic heterocycles. The van der Waals surface area contributed by atoms with E-state index in [4.69, 9.17) is 0 Å². The molecule has 0 bridgehead atoms. The zero-order valence-electron chi connectivity index (χ0n) is 12.2. The number of benzene rings is 1. The second-order valence-electron chi connectivity index (χ2n) is 5.83. The number of hydrogen-bond acceptors (Lipinski definition) is 3. The summed E-state index contributed by atoms with van der Waals surface area (Å²) >= 11 is 1.98. The Kier molecular flexibility index (Phi) is 3.92. The molecule has 1 aromatic rings. The van der Waals surface area contributed by atoms with Gasteiger partial charge in [-0.15, -0.1) is 0 Å². The van der Waals surface area contributed by atoms with E-state index in [0.29, 0.717) is 10.5 Å². The molecule has 1 N–H and O–H groups in total. The third kappa shape index (κ3) is 2.66. The first kappa shape index (κ1) is 13.8. The summed E-state index contributed by atoms with van der Waals surface area (Å²) in [7, 11) is 0. The van der Waals surface area contributed by atoms with Crippen LogP contribution in [0.25, 0.3) is 0 Å². The molecular weight excluding hydrogens is 268 g/mol. The van der Waals surface area contributed by atoms with Crippen molar-refractivity contribution in [1.29, 1.82) is 0 Å². The van der Waals surface area contributed by atoms with Crippen molar-refractivity contribution in [2.45, 2.75) is 37.2 Å². The highest BCUT2D eigenvalue weighted by molar-refractivity contribution is 8.00. The van der Waals surface area contributed by atoms with Crippen LogP contribution in [0, 0.1) is 0 Å². The van der Waals surface area contributed by atoms with Crippen molar-refractivity contribution < 1.29 is 4.79 Å². The number of fused-ring (bicyclic) bond motifs is 1. The van der Waals surface area contributed by atoms with Crippen molar-refractivity contribution in [1.82, 2.24) is 4.90 Å². The third-order valence-corrected chi connectivity index (χ3v) is 5.26. The Hall–Kier alpha value is -1.16. The monoisotopic (exact) mass is 290 g/mol. The number of nitrogens with zero attached hydrogens (tertiary/aromatic N) is 1. The van der Waals surface area contributed by atoms with Crippen LogP contribution in [0.4, 0.5) is 5.69 Å². The molecule has 20 heavy (non-hydrogen) atoms. The number of thioether (sulfide) groups is 1. The quantitative estimate of drug-likeness (QED) is 0.863. The predicted octanol–water partition coefficient (Wildman–Crippen LogP) is 3.01. The zero-order valence-corrected chi connectivity index (χ0v) is 13.0. The summed E-state index contributed by atoms with van der Waals surface area (Å²) in [4.78, 5) is 14.9. The molecule has 108 valence electrons. The Balaban J connectivity index is 1.87. The fourth-order valence-electron chi connectivity index (χ4n) is 3.22. The summed E-state index contributed by atoms with van der Waals surface area (Å²) in [6, 6.07) is 6.07. The topological polar surface area (TPSA) is 32.3 Å². The van der Waals surface area contributed by atoms with Gasteiger partial charge in [0.25, 0.3) is 5.91 Å². The van der Waals surface area contributed by atoms with Crippen molar-refractivity contribution in [3.63, 3.8) is 0 Å². The molecule has 2 unspecified atom stereocenters. The molecule has 2 atom stereocenters. The van der Waals surface area contributed by atoms with Gasteiger partial charge in [0.05, 0.1) is 0 Å². The van der Waals surface area contributed by atoms with Crippen molar-refractivity contribution >= 4 is 23.4 Å². The Bertz CT molecular complexity index is 507. The molecule has 1 saturated heterocycles. The van der Waals surface area contributed by atoms with Gasteiger partial charge < -0.3 is 10.2 Å². The number of carbonyl (C=O) groups excluding carboxylic acids is 1. The smallest absolute Gasteiger partial charge is 0.254 e. The number of amides is 1. The Morgan fingerprint density at radius 1 is 1.30 bits per heavy atom. The van der Waals surface area contributed by atoms with Crippen molar-refractivity contribution in [2.24, 2.45) is 0 Å². The number of rotatable bonds is 1. The van der Waals surface area contributed by atoms with Crippen LogP contribution in [0.3, 0.4) is 0 Å². The highest BCUT2D eigenvalue weighted by Crippen LogP contribution is 2.29. The van der Waals surface area contributed by atoms with Gasteiger partial charge in [0.1, 0.15) is 0 Å². The molecule has 3 nitrogen and oxygen atoms in total. The highest BCUT2D eigenvalue weighted by Gasteiger charge is 2.28. The third-order valence-electron chi connectivity index (χ3n) is 4.03. The molecule has 2 aliphatic rings. The van der Waals surface area contributed by atoms with E-state index in [1.54, 1.807) is 0 Å². The van der Waals surface area contributed by atoms with Gasteiger partial charge >= 0.3 is 0 Å². The minimum Gasteiger partial charge on any atom is -0.385 e. The predicted molar refractivity (Wildman–Crippen MR) is 85.7 cm³/mol. The van der Waals surface area contributed by atoms with Gasteiger partial charge in [0, 0.05) is 41.4 Å². The molecule has 1 fully saturated rings. The lowest BCUT2D eigenvalue weighted by Gasteiger charge is -2.35. The van der Waals surface area contributed by atoms with Crippen LogP contribution >= 0.6 is 11.8 Å². The Morgan fingerprint density at radius 2 is 2.05 bits per heavy atom. The molecule has 2 aliphatic heterocycles. The normalized spacial score (nSPS) is 25.8. The van der Waals surface area contributed by atoms with Gasteiger partial charge in [-0.3, -0.25) is 4.79 Å². The summed E-state index contributed by atoms with van der Waals surface area (Å²) in [6.07, 6.45) is 2.12. The van der Waals surface area contributed by atoms with Gasteiger partial charge in [0.15, 0.2) is 0 Å². The SMILES string of the molecule is CC1CN(C(=O)c2cccc3c2CCCN3)CC(C)S1. The van der Waals surface area contributed by atoms with Crippen LogP contribution in [-0.4, -0.2) is 40.9 Å². The summed E-state index contributed by atoms with van der Waals surface area (Å²) < 4.78 is 0. The fourth-order valence-corrected chi connectivity index (χ4v) is 4.55. The minimum atomic E-state index is 0.213. The van der Waals surface area contributed by atoms with Crippen LogP contribution in [0.2, 0.25) is 0 Å². The molecule has 2 heterocycles. The second kappa shape index (κ2) is 5.68. The number of hydrogen-bond donors (Lipinski definition) is 1. The maximum absolute atomic E-state index is 12.9. The van der Waals surface area contributed by atoms with Crippen LogP contribution in [0.5, 0.6) is 0 Å². The number of anilines is 1. The molecule has 0 spiro atoms. The van der Waals surface area contributed by atoms with Gasteiger partial charge in [-0.2, -0.15) is 11.8 Å². The summed E-state index contributed by atoms with van der Waals surface area (Å²) in [5.41, 5.74) is 3.26. The summed E-state index contributed by atoms with van der Waals surface area (Å²) in [5, 5.41) is 4.46. The lowest BCUT2D eigenvalue weighted by molar-refractivity contribution is 0.0752. The maximum Gasteiger partial charge on any atom is 0.254 e. The van der Waals surface area contributed by atoms with E-state index in [1.165, 1.54) is 5.56 Å². The molecular formula is C16H22N2OS. The van der Waals surface area contributed by atoms with Crippen molar-refractivity contribution in [3.05, 3.63) is 29.3 Å². The zero-order chi connectivity index (χ0) is 14.1. The van der Waals surface area contributed by atoms with Crippen LogP contribution in [-0.2, 0) is 6.42 Å². The van der Waals surface area contributed by atoms with E-state index in [0.717, 1.165) is 43.7 Å². The first-order chi connectivity index (χ1) is 9.65. The Labute approximate surface area is 125 Å². The van der Waals surface area contributed by atoms with Crippen LogP contribution < -0.4 is 5.32 Å². The highest BCUT2D eigenvalue weighted by atomic mass is 32.2. The van der Waals surface area contributed by atoms with Gasteiger partial charge in [-0.25, -0.2) is 0 Å². The first-order valence-electron chi connectivity index (χ1n) is 7.45. The summed E-state index contributed by atoms with van der Waals surface area (Å²) in [5.74, 6) is 0.213. The van der Waals surface area contributed by atoms with E-state index in [1.807, 2.05) is 28.8 Å². The van der Waals surface area contributed by atoms with Crippen molar-refractivity contribution in [2.75, 3.05) is 25.0 Å². The average molecular weight is 290 g/mol. The maximum atomic E-state index is 12.9. The lowest BCUT2D eigenvalue weighted by Crippen LogP contribution is -2.44. The van der Waals surface area contributed by atoms with Gasteiger partial charge in [0.2, 0.25) is 0 Å². The largest absolute Gasteiger partial charge is 0.385 e. The minimum absolute atomic E-state index is 0.213. The molecule has 4 heteroatoms. The standard InChI is InChI=1S/C16H22N2OS/c1-11-9-18(10-12(2)20-11)16(19)14-5-3-7-15-13(14)6-4-8-17-15/h3,5,7,11-12,17H,4,6,8-10H2,1-2H3. The summed E-state index contributed by atoms with van der Waals surface area (Å²) in [6.45, 7) is 7.17. The molecule has 3 rings (SSSR count). The molecule has 1 amide bonds. The van der Waals surface area contributed by atoms with Crippen LogP contribution in [0.15, 0.2) is 18.2 Å². The van der Waals surface area contributed by atoms with Gasteiger partial charge in [-0.1, -0.05) is 19.9 Å². The molecule has 0 saturated carbocycles. The Morgan fingerprint density at radius 3 is 2.80 bits per heavy atom. The van der Waals surface area contributed by atoms with E-state index < -0.39 is 0 Å². The average Bonchev–Trinajstić information content (AvgIpc) is 2.45. The lowest BCUT2D eigenvalue weighted by atomic mass is 9.96. The fraction of sp³-hybridized carbons (Fsp3) is 0.562. The van der Waals surface area contributed by atoms with E-state index in [-0.39, 0.29) is 5.91 Å². The molecule has 0 aliphatic carbocycles. The molecule has 1 aromatic carbocycles.